The van der Waals surface area contributed by atoms with Crippen LogP contribution in [0.25, 0.3) is 6.08 Å². The molecule has 0 saturated carbocycles. The van der Waals surface area contributed by atoms with Gasteiger partial charge in [0, 0.05) is 5.02 Å². The Hall–Kier alpha value is -1.32. The van der Waals surface area contributed by atoms with Crippen molar-refractivity contribution in [2.45, 2.75) is 6.92 Å². The highest BCUT2D eigenvalue weighted by molar-refractivity contribution is 6.35. The number of Topliss-reactive ketones (excluding diaryl/α,β-unsaturated/α-hetero) is 1. The Bertz CT molecular complexity index is 481. The Balaban J connectivity index is 3.10. The third-order valence-electron chi connectivity index (χ3n) is 2.08. The molecule has 1 aromatic rings. The molecule has 0 heterocycles. The van der Waals surface area contributed by atoms with Crippen molar-refractivity contribution in [3.05, 3.63) is 40.4 Å². The van der Waals surface area contributed by atoms with Gasteiger partial charge in [0.15, 0.2) is 5.78 Å². The second kappa shape index (κ2) is 7.19. The molecule has 18 heavy (non-hydrogen) atoms. The molecule has 1 aromatic carbocycles. The molecule has 1 rings (SSSR count). The van der Waals surface area contributed by atoms with Crippen LogP contribution in [0.2, 0.25) is 5.02 Å². The van der Waals surface area contributed by atoms with E-state index in [1.807, 2.05) is 0 Å². The largest absolute Gasteiger partial charge is 0.462 e. The molecule has 0 aliphatic rings. The Morgan fingerprint density at radius 1 is 1.39 bits per heavy atom. The highest BCUT2D eigenvalue weighted by Gasteiger charge is 2.18. The molecular formula is C13H12Cl2O3. The van der Waals surface area contributed by atoms with Crippen LogP contribution in [0.3, 0.4) is 0 Å². The summed E-state index contributed by atoms with van der Waals surface area (Å²) in [5.41, 5.74) is 0.568. The van der Waals surface area contributed by atoms with Gasteiger partial charge >= 0.3 is 5.97 Å². The van der Waals surface area contributed by atoms with E-state index in [0.29, 0.717) is 10.6 Å². The molecule has 0 fully saturated rings. The predicted octanol–water partition coefficient (Wildman–Crippen LogP) is 3.09. The zero-order valence-electron chi connectivity index (χ0n) is 9.78. The quantitative estimate of drug-likeness (QED) is 0.275. The molecule has 0 saturated heterocycles. The van der Waals surface area contributed by atoms with Gasteiger partial charge in [-0.05, 0) is 30.7 Å². The third-order valence-corrected chi connectivity index (χ3v) is 2.55. The van der Waals surface area contributed by atoms with Gasteiger partial charge in [-0.3, -0.25) is 4.79 Å². The number of ketones is 1. The van der Waals surface area contributed by atoms with Gasteiger partial charge in [-0.2, -0.15) is 0 Å². The van der Waals surface area contributed by atoms with E-state index >= 15 is 0 Å². The number of ether oxygens (including phenoxy) is 1. The van der Waals surface area contributed by atoms with E-state index in [0.717, 1.165) is 0 Å². The van der Waals surface area contributed by atoms with Gasteiger partial charge in [0.25, 0.3) is 0 Å². The van der Waals surface area contributed by atoms with Crippen molar-refractivity contribution in [3.63, 3.8) is 0 Å². The lowest BCUT2D eigenvalue weighted by Crippen LogP contribution is -2.16. The number of halogens is 2. The average molecular weight is 287 g/mol. The van der Waals surface area contributed by atoms with Crippen molar-refractivity contribution in [2.24, 2.45) is 0 Å². The fourth-order valence-corrected chi connectivity index (χ4v) is 1.64. The lowest BCUT2D eigenvalue weighted by molar-refractivity contribution is -0.139. The third kappa shape index (κ3) is 4.17. The van der Waals surface area contributed by atoms with E-state index in [-0.39, 0.29) is 18.1 Å². The van der Waals surface area contributed by atoms with Crippen molar-refractivity contribution in [1.82, 2.24) is 0 Å². The van der Waals surface area contributed by atoms with E-state index < -0.39 is 11.8 Å². The molecule has 5 heteroatoms. The van der Waals surface area contributed by atoms with Crippen molar-refractivity contribution < 1.29 is 14.3 Å². The molecule has 0 radical (unpaired) electrons. The number of rotatable bonds is 5. The average Bonchev–Trinajstić information content (AvgIpc) is 2.35. The standard InChI is InChI=1S/C13H12Cl2O3/c1-2-18-13(17)11(12(16)8-14)7-9-4-3-5-10(15)6-9/h3-7H,2,8H2,1H3/b11-7-. The summed E-state index contributed by atoms with van der Waals surface area (Å²) < 4.78 is 4.81. The molecule has 0 bridgehead atoms. The van der Waals surface area contributed by atoms with E-state index in [2.05, 4.69) is 0 Å². The van der Waals surface area contributed by atoms with E-state index in [1.165, 1.54) is 6.08 Å². The van der Waals surface area contributed by atoms with Gasteiger partial charge in [-0.25, -0.2) is 4.79 Å². The molecule has 0 amide bonds. The maximum Gasteiger partial charge on any atom is 0.341 e. The highest BCUT2D eigenvalue weighted by Crippen LogP contribution is 2.15. The normalized spacial score (nSPS) is 11.2. The van der Waals surface area contributed by atoms with Crippen molar-refractivity contribution in [2.75, 3.05) is 12.5 Å². The number of alkyl halides is 1. The van der Waals surface area contributed by atoms with Gasteiger partial charge in [0.1, 0.15) is 5.57 Å². The minimum Gasteiger partial charge on any atom is -0.462 e. The van der Waals surface area contributed by atoms with Gasteiger partial charge in [0.05, 0.1) is 12.5 Å². The zero-order valence-corrected chi connectivity index (χ0v) is 11.3. The van der Waals surface area contributed by atoms with Crippen LogP contribution in [0, 0.1) is 0 Å². The number of carbonyl (C=O) groups excluding carboxylic acids is 2. The maximum absolute atomic E-state index is 11.6. The van der Waals surface area contributed by atoms with Crippen LogP contribution in [-0.4, -0.2) is 24.2 Å². The molecule has 0 unspecified atom stereocenters. The number of carbonyl (C=O) groups is 2. The molecule has 0 spiro atoms. The summed E-state index contributed by atoms with van der Waals surface area (Å²) in [6, 6.07) is 6.79. The van der Waals surface area contributed by atoms with Crippen LogP contribution in [0.1, 0.15) is 12.5 Å². The smallest absolute Gasteiger partial charge is 0.341 e. The number of hydrogen-bond acceptors (Lipinski definition) is 3. The summed E-state index contributed by atoms with van der Waals surface area (Å²) in [7, 11) is 0. The number of benzene rings is 1. The first-order valence-electron chi connectivity index (χ1n) is 5.32. The van der Waals surface area contributed by atoms with Crippen LogP contribution < -0.4 is 0 Å². The first-order valence-corrected chi connectivity index (χ1v) is 6.23. The second-order valence-electron chi connectivity index (χ2n) is 3.39. The molecule has 96 valence electrons. The Kier molecular flexibility index (Phi) is 5.89. The van der Waals surface area contributed by atoms with Gasteiger partial charge in [0.2, 0.25) is 0 Å². The zero-order chi connectivity index (χ0) is 13.5. The molecule has 0 N–H and O–H groups in total. The van der Waals surface area contributed by atoms with Gasteiger partial charge < -0.3 is 4.74 Å². The maximum atomic E-state index is 11.6. The van der Waals surface area contributed by atoms with Crippen molar-refractivity contribution in [1.29, 1.82) is 0 Å². The minimum atomic E-state index is -0.678. The molecule has 0 aliphatic carbocycles. The van der Waals surface area contributed by atoms with Gasteiger partial charge in [-0.1, -0.05) is 23.7 Å². The van der Waals surface area contributed by atoms with E-state index in [4.69, 9.17) is 27.9 Å². The molecule has 3 nitrogen and oxygen atoms in total. The summed E-state index contributed by atoms with van der Waals surface area (Å²) in [6.07, 6.45) is 1.43. The fourth-order valence-electron chi connectivity index (χ4n) is 1.30. The fraction of sp³-hybridized carbons (Fsp3) is 0.231. The minimum absolute atomic E-state index is 0.0749. The highest BCUT2D eigenvalue weighted by atomic mass is 35.5. The van der Waals surface area contributed by atoms with Crippen LogP contribution in [0.15, 0.2) is 29.8 Å². The second-order valence-corrected chi connectivity index (χ2v) is 4.09. The van der Waals surface area contributed by atoms with Crippen LogP contribution in [0.4, 0.5) is 0 Å². The Labute approximate surface area is 115 Å². The number of esters is 1. The Morgan fingerprint density at radius 3 is 2.67 bits per heavy atom. The van der Waals surface area contributed by atoms with Crippen LogP contribution in [-0.2, 0) is 14.3 Å². The Morgan fingerprint density at radius 2 is 2.11 bits per heavy atom. The lowest BCUT2D eigenvalue weighted by atomic mass is 10.1. The summed E-state index contributed by atoms with van der Waals surface area (Å²) in [5, 5.41) is 0.519. The lowest BCUT2D eigenvalue weighted by Gasteiger charge is -2.04. The number of hydrogen-bond donors (Lipinski definition) is 0. The monoisotopic (exact) mass is 286 g/mol. The van der Waals surface area contributed by atoms with E-state index in [9.17, 15) is 9.59 Å². The molecular weight excluding hydrogens is 275 g/mol. The first kappa shape index (κ1) is 14.7. The summed E-state index contributed by atoms with van der Waals surface area (Å²) in [6.45, 7) is 1.86. The molecule has 0 atom stereocenters. The first-order chi connectivity index (χ1) is 8.58. The summed E-state index contributed by atoms with van der Waals surface area (Å²) >= 11 is 11.3. The van der Waals surface area contributed by atoms with Crippen LogP contribution in [0.5, 0.6) is 0 Å². The van der Waals surface area contributed by atoms with Crippen molar-refractivity contribution in [3.8, 4) is 0 Å². The topological polar surface area (TPSA) is 43.4 Å². The summed E-state index contributed by atoms with van der Waals surface area (Å²) in [5.74, 6) is -1.43. The molecule has 0 aromatic heterocycles. The van der Waals surface area contributed by atoms with E-state index in [1.54, 1.807) is 31.2 Å². The molecule has 0 aliphatic heterocycles. The summed E-state index contributed by atoms with van der Waals surface area (Å²) in [4.78, 5) is 23.2. The van der Waals surface area contributed by atoms with Crippen LogP contribution >= 0.6 is 23.2 Å². The predicted molar refractivity (Wildman–Crippen MR) is 71.8 cm³/mol. The van der Waals surface area contributed by atoms with Crippen molar-refractivity contribution >= 4 is 41.0 Å². The SMILES string of the molecule is CCOC(=O)/C(=C\c1cccc(Cl)c1)C(=O)CCl. The van der Waals surface area contributed by atoms with Gasteiger partial charge in [-0.15, -0.1) is 11.6 Å².